The van der Waals surface area contributed by atoms with Gasteiger partial charge in [0.15, 0.2) is 9.84 Å². The Kier molecular flexibility index (Phi) is 5.58. The van der Waals surface area contributed by atoms with E-state index in [2.05, 4.69) is 10.3 Å². The molecule has 0 aromatic carbocycles. The molecule has 0 radical (unpaired) electrons. The van der Waals surface area contributed by atoms with Crippen molar-refractivity contribution >= 4 is 9.84 Å². The van der Waals surface area contributed by atoms with E-state index in [-0.39, 0.29) is 17.5 Å². The third-order valence-corrected chi connectivity index (χ3v) is 4.42. The molecule has 1 N–H and O–H groups in total. The molecule has 0 spiro atoms. The monoisotopic (exact) mass is 256 g/mol. The van der Waals surface area contributed by atoms with Crippen LogP contribution >= 0.6 is 0 Å². The van der Waals surface area contributed by atoms with E-state index in [9.17, 15) is 8.42 Å². The van der Waals surface area contributed by atoms with Crippen molar-refractivity contribution in [2.75, 3.05) is 18.1 Å². The highest BCUT2D eigenvalue weighted by Gasteiger charge is 2.10. The number of hydrogen-bond acceptors (Lipinski definition) is 4. The number of aromatic nitrogens is 1. The number of nitrogens with one attached hydrogen (secondary N) is 1. The first-order valence-electron chi connectivity index (χ1n) is 5.89. The van der Waals surface area contributed by atoms with Crippen LogP contribution in [0.1, 0.15) is 31.9 Å². The van der Waals surface area contributed by atoms with Crippen molar-refractivity contribution in [1.82, 2.24) is 10.3 Å². The summed E-state index contributed by atoms with van der Waals surface area (Å²) in [6.45, 7) is 4.37. The summed E-state index contributed by atoms with van der Waals surface area (Å²) in [7, 11) is -2.89. The zero-order chi connectivity index (χ0) is 12.7. The van der Waals surface area contributed by atoms with Gasteiger partial charge in [0.2, 0.25) is 0 Å². The summed E-state index contributed by atoms with van der Waals surface area (Å²) in [5, 5.41) is 3.19. The zero-order valence-electron chi connectivity index (χ0n) is 10.4. The average molecular weight is 256 g/mol. The van der Waals surface area contributed by atoms with Gasteiger partial charge in [-0.1, -0.05) is 13.0 Å². The summed E-state index contributed by atoms with van der Waals surface area (Å²) >= 11 is 0. The third-order valence-electron chi connectivity index (χ3n) is 2.56. The van der Waals surface area contributed by atoms with Crippen LogP contribution in [0.4, 0.5) is 0 Å². The summed E-state index contributed by atoms with van der Waals surface area (Å²) in [5.74, 6) is 0.474. The van der Waals surface area contributed by atoms with Crippen molar-refractivity contribution in [3.8, 4) is 0 Å². The second-order valence-electron chi connectivity index (χ2n) is 4.11. The predicted molar refractivity (Wildman–Crippen MR) is 69.6 cm³/mol. The molecule has 0 amide bonds. The van der Waals surface area contributed by atoms with Crippen LogP contribution in [0.25, 0.3) is 0 Å². The molecule has 17 heavy (non-hydrogen) atoms. The van der Waals surface area contributed by atoms with E-state index in [4.69, 9.17) is 0 Å². The van der Waals surface area contributed by atoms with Crippen LogP contribution < -0.4 is 5.32 Å². The van der Waals surface area contributed by atoms with E-state index in [1.165, 1.54) is 0 Å². The molecule has 1 aromatic rings. The van der Waals surface area contributed by atoms with Crippen molar-refractivity contribution in [2.45, 2.75) is 26.3 Å². The topological polar surface area (TPSA) is 59.1 Å². The van der Waals surface area contributed by atoms with Gasteiger partial charge in [-0.15, -0.1) is 0 Å². The first kappa shape index (κ1) is 14.1. The van der Waals surface area contributed by atoms with Crippen LogP contribution in [0.15, 0.2) is 24.5 Å². The maximum atomic E-state index is 11.5. The highest BCUT2D eigenvalue weighted by molar-refractivity contribution is 7.91. The maximum absolute atomic E-state index is 11.5. The molecule has 0 fully saturated rings. The molecule has 0 aliphatic carbocycles. The molecule has 0 bridgehead atoms. The van der Waals surface area contributed by atoms with E-state index in [1.54, 1.807) is 12.4 Å². The highest BCUT2D eigenvalue weighted by Crippen LogP contribution is 2.09. The molecule has 1 aromatic heterocycles. The maximum Gasteiger partial charge on any atom is 0.151 e. The quantitative estimate of drug-likeness (QED) is 0.804. The van der Waals surface area contributed by atoms with Crippen LogP contribution in [0.2, 0.25) is 0 Å². The minimum absolute atomic E-state index is 0.125. The van der Waals surface area contributed by atoms with Gasteiger partial charge in [-0.05, 0) is 25.0 Å². The van der Waals surface area contributed by atoms with Gasteiger partial charge >= 0.3 is 0 Å². The van der Waals surface area contributed by atoms with Crippen molar-refractivity contribution in [1.29, 1.82) is 0 Å². The molecule has 4 nitrogen and oxygen atoms in total. The van der Waals surface area contributed by atoms with Crippen molar-refractivity contribution in [2.24, 2.45) is 0 Å². The van der Waals surface area contributed by atoms with Gasteiger partial charge in [0, 0.05) is 30.7 Å². The van der Waals surface area contributed by atoms with E-state index >= 15 is 0 Å². The molecule has 1 rings (SSSR count). The SMILES string of the molecule is CCCS(=O)(=O)CCN[C@@H](C)c1cccnc1. The average Bonchev–Trinajstić information content (AvgIpc) is 2.29. The second-order valence-corrected chi connectivity index (χ2v) is 6.42. The fraction of sp³-hybridized carbons (Fsp3) is 0.583. The zero-order valence-corrected chi connectivity index (χ0v) is 11.2. The smallest absolute Gasteiger partial charge is 0.151 e. The van der Waals surface area contributed by atoms with Crippen molar-refractivity contribution < 1.29 is 8.42 Å². The van der Waals surface area contributed by atoms with Crippen LogP contribution in [-0.2, 0) is 9.84 Å². The normalized spacial score (nSPS) is 13.5. The third kappa shape index (κ3) is 5.28. The summed E-state index contributed by atoms with van der Waals surface area (Å²) in [4.78, 5) is 4.03. The fourth-order valence-electron chi connectivity index (χ4n) is 1.59. The number of sulfone groups is 1. The summed E-state index contributed by atoms with van der Waals surface area (Å²) in [5.41, 5.74) is 1.07. The van der Waals surface area contributed by atoms with Crippen LogP contribution in [0.3, 0.4) is 0 Å². The van der Waals surface area contributed by atoms with E-state index in [1.807, 2.05) is 26.0 Å². The Morgan fingerprint density at radius 3 is 2.76 bits per heavy atom. The van der Waals surface area contributed by atoms with Crippen LogP contribution in [0, 0.1) is 0 Å². The summed E-state index contributed by atoms with van der Waals surface area (Å²) in [6, 6.07) is 3.98. The second kappa shape index (κ2) is 6.71. The molecule has 96 valence electrons. The molecular formula is C12H20N2O2S. The van der Waals surface area contributed by atoms with Gasteiger partial charge in [0.25, 0.3) is 0 Å². The van der Waals surface area contributed by atoms with Gasteiger partial charge < -0.3 is 5.32 Å². The summed E-state index contributed by atoms with van der Waals surface area (Å²) < 4.78 is 23.0. The minimum Gasteiger partial charge on any atom is -0.309 e. The Balaban J connectivity index is 2.37. The van der Waals surface area contributed by atoms with Gasteiger partial charge in [-0.2, -0.15) is 0 Å². The van der Waals surface area contributed by atoms with E-state index in [0.29, 0.717) is 13.0 Å². The van der Waals surface area contributed by atoms with Crippen LogP contribution in [-0.4, -0.2) is 31.5 Å². The van der Waals surface area contributed by atoms with E-state index in [0.717, 1.165) is 5.56 Å². The van der Waals surface area contributed by atoms with Gasteiger partial charge in [0.1, 0.15) is 0 Å². The van der Waals surface area contributed by atoms with Gasteiger partial charge in [-0.3, -0.25) is 4.98 Å². The summed E-state index contributed by atoms with van der Waals surface area (Å²) in [6.07, 6.45) is 4.20. The standard InChI is InChI=1S/C12H20N2O2S/c1-3-8-17(15,16)9-7-14-11(2)12-5-4-6-13-10-12/h4-6,10-11,14H,3,7-9H2,1-2H3/t11-/m0/s1. The predicted octanol–water partition coefficient (Wildman–Crippen LogP) is 1.56. The molecule has 5 heteroatoms. The molecule has 0 aliphatic heterocycles. The molecule has 0 unspecified atom stereocenters. The Morgan fingerprint density at radius 2 is 2.18 bits per heavy atom. The lowest BCUT2D eigenvalue weighted by molar-refractivity contribution is 0.570. The molecule has 0 saturated heterocycles. The number of pyridine rings is 1. The number of hydrogen-bond donors (Lipinski definition) is 1. The van der Waals surface area contributed by atoms with Crippen molar-refractivity contribution in [3.05, 3.63) is 30.1 Å². The van der Waals surface area contributed by atoms with E-state index < -0.39 is 9.84 Å². The first-order chi connectivity index (χ1) is 8.05. The highest BCUT2D eigenvalue weighted by atomic mass is 32.2. The lowest BCUT2D eigenvalue weighted by Gasteiger charge is -2.13. The Hall–Kier alpha value is -0.940. The van der Waals surface area contributed by atoms with Crippen LogP contribution in [0.5, 0.6) is 0 Å². The van der Waals surface area contributed by atoms with Crippen molar-refractivity contribution in [3.63, 3.8) is 0 Å². The van der Waals surface area contributed by atoms with Gasteiger partial charge in [-0.25, -0.2) is 8.42 Å². The molecule has 0 saturated carbocycles. The Morgan fingerprint density at radius 1 is 1.41 bits per heavy atom. The Labute approximate surface area is 103 Å². The van der Waals surface area contributed by atoms with Gasteiger partial charge in [0.05, 0.1) is 5.75 Å². The molecule has 1 heterocycles. The Bertz CT molecular complexity index is 417. The molecular weight excluding hydrogens is 236 g/mol. The fourth-order valence-corrected chi connectivity index (χ4v) is 2.85. The largest absolute Gasteiger partial charge is 0.309 e. The first-order valence-corrected chi connectivity index (χ1v) is 7.71. The lowest BCUT2D eigenvalue weighted by atomic mass is 10.1. The molecule has 0 aliphatic rings. The lowest BCUT2D eigenvalue weighted by Crippen LogP contribution is -2.26. The number of rotatable bonds is 7. The number of nitrogens with zero attached hydrogens (tertiary/aromatic N) is 1. The minimum atomic E-state index is -2.89. The molecule has 1 atom stereocenters.